The van der Waals surface area contributed by atoms with Crippen LogP contribution < -0.4 is 0 Å². The fraction of sp³-hybridized carbons (Fsp3) is 0.571. The highest BCUT2D eigenvalue weighted by atomic mass is 16.3. The van der Waals surface area contributed by atoms with E-state index in [-0.39, 0.29) is 0 Å². The maximum Gasteiger partial charge on any atom is 0.172 e. The van der Waals surface area contributed by atoms with Crippen LogP contribution in [0.1, 0.15) is 18.8 Å². The molecule has 0 amide bonds. The summed E-state index contributed by atoms with van der Waals surface area (Å²) in [5.74, 6) is 0. The molecule has 1 rings (SSSR count). The SMILES string of the molecule is Cc1c[c]nn1C(O)C(C)O. The summed E-state index contributed by atoms with van der Waals surface area (Å²) in [4.78, 5) is 0. The van der Waals surface area contributed by atoms with Gasteiger partial charge in [0, 0.05) is 5.69 Å². The van der Waals surface area contributed by atoms with Gasteiger partial charge >= 0.3 is 0 Å². The monoisotopic (exact) mass is 155 g/mol. The summed E-state index contributed by atoms with van der Waals surface area (Å²) in [6.45, 7) is 3.29. The topological polar surface area (TPSA) is 58.3 Å². The Morgan fingerprint density at radius 1 is 1.64 bits per heavy atom. The van der Waals surface area contributed by atoms with Crippen LogP contribution in [0.3, 0.4) is 0 Å². The highest BCUT2D eigenvalue weighted by Crippen LogP contribution is 2.08. The van der Waals surface area contributed by atoms with E-state index in [4.69, 9.17) is 5.11 Å². The molecule has 61 valence electrons. The molecular formula is C7H11N2O2. The summed E-state index contributed by atoms with van der Waals surface area (Å²) in [7, 11) is 0. The van der Waals surface area contributed by atoms with Crippen LogP contribution in [0.5, 0.6) is 0 Å². The number of aromatic nitrogens is 2. The molecule has 0 saturated heterocycles. The second-order valence-corrected chi connectivity index (χ2v) is 2.51. The van der Waals surface area contributed by atoms with E-state index in [9.17, 15) is 5.11 Å². The molecule has 2 unspecified atom stereocenters. The van der Waals surface area contributed by atoms with Gasteiger partial charge < -0.3 is 10.2 Å². The van der Waals surface area contributed by atoms with Crippen molar-refractivity contribution in [3.05, 3.63) is 18.0 Å². The Kier molecular flexibility index (Phi) is 2.26. The van der Waals surface area contributed by atoms with Crippen LogP contribution >= 0.6 is 0 Å². The average Bonchev–Trinajstić information content (AvgIpc) is 2.33. The van der Waals surface area contributed by atoms with E-state index in [1.54, 1.807) is 13.0 Å². The minimum Gasteiger partial charge on any atom is -0.389 e. The molecule has 11 heavy (non-hydrogen) atoms. The quantitative estimate of drug-likeness (QED) is 0.625. The first-order chi connectivity index (χ1) is 5.13. The van der Waals surface area contributed by atoms with Crippen molar-refractivity contribution in [3.63, 3.8) is 0 Å². The van der Waals surface area contributed by atoms with Crippen LogP contribution in [-0.4, -0.2) is 26.1 Å². The molecule has 2 N–H and O–H groups in total. The fourth-order valence-electron chi connectivity index (χ4n) is 0.802. The first-order valence-corrected chi connectivity index (χ1v) is 3.41. The van der Waals surface area contributed by atoms with Gasteiger partial charge in [0.05, 0.1) is 6.10 Å². The van der Waals surface area contributed by atoms with Crippen molar-refractivity contribution in [2.75, 3.05) is 0 Å². The lowest BCUT2D eigenvalue weighted by molar-refractivity contribution is -0.0270. The molecule has 0 aliphatic heterocycles. The zero-order valence-corrected chi connectivity index (χ0v) is 6.52. The lowest BCUT2D eigenvalue weighted by atomic mass is 10.3. The normalized spacial score (nSPS) is 16.4. The summed E-state index contributed by atoms with van der Waals surface area (Å²) in [6, 6.07) is 1.64. The molecule has 1 aromatic heterocycles. The maximum atomic E-state index is 9.30. The van der Waals surface area contributed by atoms with E-state index < -0.39 is 12.3 Å². The minimum absolute atomic E-state index is 0.776. The Hall–Kier alpha value is -0.870. The molecule has 0 aromatic carbocycles. The Morgan fingerprint density at radius 3 is 2.64 bits per heavy atom. The number of aryl methyl sites for hydroxylation is 1. The highest BCUT2D eigenvalue weighted by Gasteiger charge is 2.14. The molecule has 2 atom stereocenters. The Balaban J connectivity index is 2.84. The van der Waals surface area contributed by atoms with Crippen molar-refractivity contribution in [1.82, 2.24) is 9.78 Å². The third-order valence-electron chi connectivity index (χ3n) is 1.48. The van der Waals surface area contributed by atoms with E-state index >= 15 is 0 Å². The predicted octanol–water partition coefficient (Wildman–Crippen LogP) is -0.137. The van der Waals surface area contributed by atoms with Crippen LogP contribution in [0.4, 0.5) is 0 Å². The van der Waals surface area contributed by atoms with Gasteiger partial charge in [-0.1, -0.05) is 0 Å². The lowest BCUT2D eigenvalue weighted by Gasteiger charge is -2.15. The Labute approximate surface area is 65.1 Å². The Morgan fingerprint density at radius 2 is 2.27 bits per heavy atom. The van der Waals surface area contributed by atoms with Gasteiger partial charge in [-0.25, -0.2) is 4.68 Å². The molecule has 0 bridgehead atoms. The second-order valence-electron chi connectivity index (χ2n) is 2.51. The number of aliphatic hydroxyl groups excluding tert-OH is 2. The van der Waals surface area contributed by atoms with Crippen LogP contribution in [-0.2, 0) is 0 Å². The van der Waals surface area contributed by atoms with E-state index in [0.717, 1.165) is 5.69 Å². The largest absolute Gasteiger partial charge is 0.389 e. The average molecular weight is 155 g/mol. The van der Waals surface area contributed by atoms with Gasteiger partial charge in [0.25, 0.3) is 0 Å². The highest BCUT2D eigenvalue weighted by molar-refractivity contribution is 4.96. The zero-order chi connectivity index (χ0) is 8.43. The smallest absolute Gasteiger partial charge is 0.172 e. The Bertz CT molecular complexity index is 232. The van der Waals surface area contributed by atoms with Crippen molar-refractivity contribution in [3.8, 4) is 0 Å². The van der Waals surface area contributed by atoms with Gasteiger partial charge in [-0.2, -0.15) is 5.10 Å². The fourth-order valence-corrected chi connectivity index (χ4v) is 0.802. The number of rotatable bonds is 2. The first-order valence-electron chi connectivity index (χ1n) is 3.41. The molecule has 0 spiro atoms. The van der Waals surface area contributed by atoms with Crippen molar-refractivity contribution in [2.24, 2.45) is 0 Å². The number of nitrogens with zero attached hydrogens (tertiary/aromatic N) is 2. The van der Waals surface area contributed by atoms with E-state index in [1.165, 1.54) is 11.6 Å². The van der Waals surface area contributed by atoms with Crippen molar-refractivity contribution in [1.29, 1.82) is 0 Å². The van der Waals surface area contributed by atoms with Crippen molar-refractivity contribution in [2.45, 2.75) is 26.2 Å². The van der Waals surface area contributed by atoms with Gasteiger partial charge in [0.15, 0.2) is 6.23 Å². The van der Waals surface area contributed by atoms with Crippen LogP contribution in [0, 0.1) is 13.1 Å². The molecular weight excluding hydrogens is 144 g/mol. The third-order valence-corrected chi connectivity index (χ3v) is 1.48. The molecule has 0 fully saturated rings. The molecule has 0 saturated carbocycles. The van der Waals surface area contributed by atoms with E-state index in [0.29, 0.717) is 0 Å². The molecule has 4 nitrogen and oxygen atoms in total. The summed E-state index contributed by atoms with van der Waals surface area (Å²) >= 11 is 0. The number of hydrogen-bond donors (Lipinski definition) is 2. The molecule has 4 heteroatoms. The summed E-state index contributed by atoms with van der Waals surface area (Å²) in [5.41, 5.74) is 0.776. The van der Waals surface area contributed by atoms with Crippen LogP contribution in [0.2, 0.25) is 0 Å². The first kappa shape index (κ1) is 8.23. The maximum absolute atomic E-state index is 9.30. The van der Waals surface area contributed by atoms with Crippen molar-refractivity contribution < 1.29 is 10.2 Å². The van der Waals surface area contributed by atoms with Gasteiger partial charge in [-0.05, 0) is 19.9 Å². The molecule has 1 aromatic rings. The molecule has 1 radical (unpaired) electrons. The molecule has 1 heterocycles. The van der Waals surface area contributed by atoms with Crippen LogP contribution in [0.25, 0.3) is 0 Å². The minimum atomic E-state index is -0.971. The number of hydrogen-bond acceptors (Lipinski definition) is 3. The lowest BCUT2D eigenvalue weighted by Crippen LogP contribution is -2.22. The molecule has 0 aliphatic carbocycles. The predicted molar refractivity (Wildman–Crippen MR) is 38.7 cm³/mol. The second kappa shape index (κ2) is 3.02. The summed E-state index contributed by atoms with van der Waals surface area (Å²) in [6.07, 6.45) is 0.787. The van der Waals surface area contributed by atoms with Gasteiger partial charge in [-0.15, -0.1) is 0 Å². The van der Waals surface area contributed by atoms with Gasteiger partial charge in [-0.3, -0.25) is 0 Å². The molecule has 0 aliphatic rings. The summed E-state index contributed by atoms with van der Waals surface area (Å²) < 4.78 is 1.32. The van der Waals surface area contributed by atoms with Crippen LogP contribution in [0.15, 0.2) is 6.07 Å². The zero-order valence-electron chi connectivity index (χ0n) is 6.52. The van der Waals surface area contributed by atoms with E-state index in [1.807, 2.05) is 0 Å². The standard InChI is InChI=1S/C7H11N2O2/c1-5-3-4-8-9(5)7(11)6(2)10/h3,6-7,10-11H,1-2H3. The van der Waals surface area contributed by atoms with E-state index in [2.05, 4.69) is 11.3 Å². The third kappa shape index (κ3) is 1.58. The summed E-state index contributed by atoms with van der Waals surface area (Å²) in [5, 5.41) is 22.0. The van der Waals surface area contributed by atoms with Gasteiger partial charge in [0.2, 0.25) is 0 Å². The number of aliphatic hydroxyl groups is 2. The van der Waals surface area contributed by atoms with Crippen molar-refractivity contribution >= 4 is 0 Å². The van der Waals surface area contributed by atoms with Gasteiger partial charge in [0.1, 0.15) is 6.20 Å².